The van der Waals surface area contributed by atoms with Crippen LogP contribution in [0, 0.1) is 24.0 Å². The summed E-state index contributed by atoms with van der Waals surface area (Å²) in [5.74, 6) is 0.653. The van der Waals surface area contributed by atoms with Crippen molar-refractivity contribution in [1.29, 1.82) is 0 Å². The van der Waals surface area contributed by atoms with Crippen LogP contribution < -0.4 is 4.74 Å². The van der Waals surface area contributed by atoms with Gasteiger partial charge in [0.15, 0.2) is 0 Å². The Bertz CT molecular complexity index is 324. The Labute approximate surface area is 76.3 Å². The van der Waals surface area contributed by atoms with E-state index in [2.05, 4.69) is 0 Å². The van der Waals surface area contributed by atoms with Crippen LogP contribution in [0.25, 0.3) is 0 Å². The summed E-state index contributed by atoms with van der Waals surface area (Å²) >= 11 is 0. The Kier molecular flexibility index (Phi) is 2.51. The second-order valence-electron chi connectivity index (χ2n) is 2.87. The molecule has 4 heteroatoms. The SMILES string of the molecule is COc1cc(C)[11c]([N+](=O)[O-])c(C)c1. The Morgan fingerprint density at radius 1 is 1.31 bits per heavy atom. The molecule has 0 unspecified atom stereocenters. The van der Waals surface area contributed by atoms with E-state index in [1.54, 1.807) is 33.1 Å². The van der Waals surface area contributed by atoms with Gasteiger partial charge in [0.25, 0.3) is 5.69 Å². The minimum Gasteiger partial charge on any atom is -0.497 e. The van der Waals surface area contributed by atoms with E-state index in [0.29, 0.717) is 16.9 Å². The largest absolute Gasteiger partial charge is 0.497 e. The van der Waals surface area contributed by atoms with Gasteiger partial charge < -0.3 is 4.74 Å². The highest BCUT2D eigenvalue weighted by Crippen LogP contribution is 2.27. The molecule has 4 nitrogen and oxygen atoms in total. The van der Waals surface area contributed by atoms with Crippen molar-refractivity contribution in [1.82, 2.24) is 0 Å². The smallest absolute Gasteiger partial charge is 0.275 e. The maximum Gasteiger partial charge on any atom is 0.275 e. The van der Waals surface area contributed by atoms with Gasteiger partial charge in [-0.05, 0) is 26.0 Å². The summed E-state index contributed by atoms with van der Waals surface area (Å²) < 4.78 is 4.99. The van der Waals surface area contributed by atoms with Crippen molar-refractivity contribution in [3.8, 4) is 5.75 Å². The molecule has 0 bridgehead atoms. The van der Waals surface area contributed by atoms with Crippen molar-refractivity contribution in [2.75, 3.05) is 7.11 Å². The van der Waals surface area contributed by atoms with Gasteiger partial charge in [0.1, 0.15) is 5.75 Å². The van der Waals surface area contributed by atoms with Crippen LogP contribution in [-0.2, 0) is 0 Å². The fraction of sp³-hybridized carbons (Fsp3) is 0.333. The second-order valence-corrected chi connectivity index (χ2v) is 2.87. The predicted octanol–water partition coefficient (Wildman–Crippen LogP) is 2.22. The lowest BCUT2D eigenvalue weighted by atomic mass is 9.78. The summed E-state index contributed by atoms with van der Waals surface area (Å²) in [5, 5.41) is 10.6. The normalized spacial score (nSPS) is 9.77. The van der Waals surface area contributed by atoms with E-state index in [-0.39, 0.29) is 10.6 Å². The van der Waals surface area contributed by atoms with E-state index in [1.165, 1.54) is 0 Å². The molecule has 0 heterocycles. The van der Waals surface area contributed by atoms with Crippen LogP contribution in [0.4, 0.5) is 5.69 Å². The van der Waals surface area contributed by atoms with E-state index in [1.807, 2.05) is 0 Å². The number of aryl methyl sites for hydroxylation is 2. The summed E-state index contributed by atoms with van der Waals surface area (Å²) in [7, 11) is 1.54. The lowest BCUT2D eigenvalue weighted by Crippen LogP contribution is -1.96. The molecule has 1 aromatic rings. The van der Waals surface area contributed by atoms with Gasteiger partial charge >= 0.3 is 0 Å². The Morgan fingerprint density at radius 3 is 2.08 bits per heavy atom. The molecule has 0 saturated carbocycles. The van der Waals surface area contributed by atoms with Crippen LogP contribution in [0.15, 0.2) is 12.1 Å². The van der Waals surface area contributed by atoms with Crippen molar-refractivity contribution in [3.63, 3.8) is 0 Å². The first kappa shape index (κ1) is 9.51. The number of hydrogen-bond acceptors (Lipinski definition) is 3. The number of benzene rings is 1. The number of rotatable bonds is 2. The zero-order chi connectivity index (χ0) is 10.0. The van der Waals surface area contributed by atoms with E-state index < -0.39 is 0 Å². The number of ether oxygens (including phenoxy) is 1. The Morgan fingerprint density at radius 2 is 1.77 bits per heavy atom. The van der Waals surface area contributed by atoms with E-state index in [9.17, 15) is 10.1 Å². The molecule has 0 aromatic heterocycles. The minimum atomic E-state index is -0.371. The molecule has 13 heavy (non-hydrogen) atoms. The van der Waals surface area contributed by atoms with Crippen LogP contribution in [0.1, 0.15) is 11.1 Å². The fourth-order valence-corrected chi connectivity index (χ4v) is 1.32. The molecule has 0 spiro atoms. The van der Waals surface area contributed by atoms with Crippen LogP contribution in [0.3, 0.4) is 0 Å². The van der Waals surface area contributed by atoms with Gasteiger partial charge in [-0.1, -0.05) is 0 Å². The van der Waals surface area contributed by atoms with Crippen molar-refractivity contribution < 1.29 is 9.66 Å². The van der Waals surface area contributed by atoms with Crippen LogP contribution in [0.2, 0.25) is 0 Å². The third kappa shape index (κ3) is 1.77. The average molecular weight is 180 g/mol. The molecule has 0 saturated heterocycles. The summed E-state index contributed by atoms with van der Waals surface area (Å²) in [6, 6.07) is 3.32. The fourth-order valence-electron chi connectivity index (χ4n) is 1.32. The molecule has 70 valence electrons. The first-order valence-electron chi connectivity index (χ1n) is 3.86. The quantitative estimate of drug-likeness (QED) is 0.518. The highest BCUT2D eigenvalue weighted by atomic mass is 16.6. The third-order valence-corrected chi connectivity index (χ3v) is 1.88. The lowest BCUT2D eigenvalue weighted by molar-refractivity contribution is -0.386. The minimum absolute atomic E-state index is 0.167. The molecular formula is C9H11NO3. The van der Waals surface area contributed by atoms with Gasteiger partial charge in [0, 0.05) is 11.1 Å². The summed E-state index contributed by atoms with van der Waals surface area (Å²) in [5.41, 5.74) is 1.42. The van der Waals surface area contributed by atoms with Crippen molar-refractivity contribution >= 4 is 5.69 Å². The summed E-state index contributed by atoms with van der Waals surface area (Å²) in [6.45, 7) is 3.40. The molecule has 0 fully saturated rings. The molecule has 1 aromatic carbocycles. The highest BCUT2D eigenvalue weighted by molar-refractivity contribution is 5.50. The molecular weight excluding hydrogens is 169 g/mol. The maximum atomic E-state index is 10.6. The number of hydrogen-bond donors (Lipinski definition) is 0. The second kappa shape index (κ2) is 3.43. The molecule has 0 aliphatic rings. The van der Waals surface area contributed by atoms with Crippen molar-refractivity contribution in [2.24, 2.45) is 0 Å². The first-order valence-corrected chi connectivity index (χ1v) is 3.86. The summed E-state index contributed by atoms with van der Waals surface area (Å²) in [6.07, 6.45) is 0. The van der Waals surface area contributed by atoms with E-state index >= 15 is 0 Å². The maximum absolute atomic E-state index is 10.6. The highest BCUT2D eigenvalue weighted by Gasteiger charge is 2.15. The molecule has 0 atom stereocenters. The topological polar surface area (TPSA) is 52.4 Å². The molecule has 0 aliphatic carbocycles. The van der Waals surface area contributed by atoms with Gasteiger partial charge in [-0.25, -0.2) is 0 Å². The van der Waals surface area contributed by atoms with Gasteiger partial charge in [0.2, 0.25) is 0 Å². The molecule has 0 amide bonds. The number of nitrogens with zero attached hydrogens (tertiary/aromatic N) is 1. The monoisotopic (exact) mass is 180 g/mol. The molecule has 0 radical (unpaired) electrons. The number of nitro groups is 1. The zero-order valence-corrected chi connectivity index (χ0v) is 7.83. The molecule has 0 N–H and O–H groups in total. The van der Waals surface area contributed by atoms with Gasteiger partial charge in [-0.2, -0.15) is 0 Å². The van der Waals surface area contributed by atoms with Gasteiger partial charge in [0.05, 0.1) is 12.0 Å². The zero-order valence-electron chi connectivity index (χ0n) is 7.83. The number of methoxy groups -OCH3 is 1. The number of nitro benzene ring substituents is 1. The van der Waals surface area contributed by atoms with Crippen molar-refractivity contribution in [2.45, 2.75) is 13.8 Å². The predicted molar refractivity (Wildman–Crippen MR) is 49.1 cm³/mol. The van der Waals surface area contributed by atoms with E-state index in [0.717, 1.165) is 0 Å². The Hall–Kier alpha value is -1.58. The van der Waals surface area contributed by atoms with Crippen LogP contribution in [-0.4, -0.2) is 12.0 Å². The lowest BCUT2D eigenvalue weighted by Gasteiger charge is -2.04. The standard InChI is InChI=1S/C9H11NO3/c1-6-4-8(13-3)5-7(2)9(6)10(11)12/h4-5H,1-3H3/i9-1. The molecule has 0 aliphatic heterocycles. The van der Waals surface area contributed by atoms with Gasteiger partial charge in [-0.15, -0.1) is 0 Å². The summed E-state index contributed by atoms with van der Waals surface area (Å²) in [4.78, 5) is 10.2. The van der Waals surface area contributed by atoms with Gasteiger partial charge in [-0.3, -0.25) is 10.1 Å². The van der Waals surface area contributed by atoms with Crippen LogP contribution >= 0.6 is 0 Å². The Balaban J connectivity index is 3.31. The first-order chi connectivity index (χ1) is 6.06. The molecule has 1 rings (SSSR count). The average Bonchev–Trinajstić information content (AvgIpc) is 2.02. The van der Waals surface area contributed by atoms with Crippen molar-refractivity contribution in [3.05, 3.63) is 33.4 Å². The van der Waals surface area contributed by atoms with Crippen LogP contribution in [0.5, 0.6) is 5.75 Å². The van der Waals surface area contributed by atoms with E-state index in [4.69, 9.17) is 4.74 Å². The third-order valence-electron chi connectivity index (χ3n) is 1.88.